The van der Waals surface area contributed by atoms with Gasteiger partial charge in [-0.15, -0.1) is 0 Å². The number of rotatable bonds is 1. The number of aryl methyl sites for hydroxylation is 1. The summed E-state index contributed by atoms with van der Waals surface area (Å²) >= 11 is 0. The van der Waals surface area contributed by atoms with Crippen molar-refractivity contribution in [3.63, 3.8) is 0 Å². The highest BCUT2D eigenvalue weighted by molar-refractivity contribution is 5.47. The maximum Gasteiger partial charge on any atom is 0.146 e. The van der Waals surface area contributed by atoms with Gasteiger partial charge in [-0.3, -0.25) is 0 Å². The van der Waals surface area contributed by atoms with Gasteiger partial charge in [0, 0.05) is 0 Å². The van der Waals surface area contributed by atoms with Crippen LogP contribution < -0.4 is 5.73 Å². The van der Waals surface area contributed by atoms with Gasteiger partial charge in [0.25, 0.3) is 0 Å². The first kappa shape index (κ1) is 11.4. The maximum absolute atomic E-state index is 13.4. The Morgan fingerprint density at radius 1 is 1.25 bits per heavy atom. The Bertz CT molecular complexity index is 384. The van der Waals surface area contributed by atoms with Crippen LogP contribution in [0.25, 0.3) is 0 Å². The number of aliphatic hydroxyl groups excluding tert-OH is 1. The number of nitrogens with two attached hydrogens (primary N) is 1. The van der Waals surface area contributed by atoms with Gasteiger partial charge in [0.2, 0.25) is 0 Å². The van der Waals surface area contributed by atoms with E-state index < -0.39 is 0 Å². The quantitative estimate of drug-likeness (QED) is 0.719. The molecule has 2 nitrogen and oxygen atoms in total. The molecule has 1 aliphatic rings. The summed E-state index contributed by atoms with van der Waals surface area (Å²) in [5.41, 5.74) is 7.86. The summed E-state index contributed by atoms with van der Waals surface area (Å²) in [6.07, 6.45) is 3.33. The maximum atomic E-state index is 13.4. The predicted molar refractivity (Wildman–Crippen MR) is 62.8 cm³/mol. The van der Waals surface area contributed by atoms with Gasteiger partial charge in [0.1, 0.15) is 5.82 Å². The Morgan fingerprint density at radius 3 is 2.50 bits per heavy atom. The van der Waals surface area contributed by atoms with Gasteiger partial charge in [-0.2, -0.15) is 0 Å². The van der Waals surface area contributed by atoms with Gasteiger partial charge in [-0.1, -0.05) is 0 Å². The fraction of sp³-hybridized carbons (Fsp3) is 0.538. The van der Waals surface area contributed by atoms with Gasteiger partial charge in [0.05, 0.1) is 11.8 Å². The molecule has 1 aromatic rings. The molecule has 0 spiro atoms. The zero-order valence-electron chi connectivity index (χ0n) is 9.54. The molecule has 3 N–H and O–H groups in total. The van der Waals surface area contributed by atoms with Crippen LogP contribution in [-0.4, -0.2) is 11.2 Å². The number of benzene rings is 1. The van der Waals surface area contributed by atoms with Crippen molar-refractivity contribution in [3.05, 3.63) is 29.1 Å². The predicted octanol–water partition coefficient (Wildman–Crippen LogP) is 2.73. The number of anilines is 1. The Kier molecular flexibility index (Phi) is 3.15. The molecule has 3 heteroatoms. The lowest BCUT2D eigenvalue weighted by atomic mass is 9.81. The van der Waals surface area contributed by atoms with Gasteiger partial charge < -0.3 is 10.8 Å². The molecule has 2 rings (SSSR count). The highest BCUT2D eigenvalue weighted by atomic mass is 19.1. The van der Waals surface area contributed by atoms with Crippen LogP contribution in [0.5, 0.6) is 0 Å². The van der Waals surface area contributed by atoms with Crippen LogP contribution in [0.15, 0.2) is 12.1 Å². The van der Waals surface area contributed by atoms with Crippen LogP contribution in [0.2, 0.25) is 0 Å². The summed E-state index contributed by atoms with van der Waals surface area (Å²) < 4.78 is 13.4. The Labute approximate surface area is 95.3 Å². The second-order valence-corrected chi connectivity index (χ2v) is 4.74. The highest BCUT2D eigenvalue weighted by Crippen LogP contribution is 2.35. The van der Waals surface area contributed by atoms with Gasteiger partial charge in [-0.25, -0.2) is 4.39 Å². The van der Waals surface area contributed by atoms with E-state index in [0.717, 1.165) is 36.8 Å². The van der Waals surface area contributed by atoms with Crippen LogP contribution in [0, 0.1) is 12.7 Å². The molecule has 16 heavy (non-hydrogen) atoms. The van der Waals surface area contributed by atoms with Crippen molar-refractivity contribution >= 4 is 5.69 Å². The molecule has 1 aliphatic carbocycles. The first-order chi connectivity index (χ1) is 7.58. The fourth-order valence-electron chi connectivity index (χ4n) is 2.55. The Morgan fingerprint density at radius 2 is 1.88 bits per heavy atom. The molecule has 1 saturated carbocycles. The zero-order chi connectivity index (χ0) is 11.7. The minimum Gasteiger partial charge on any atom is -0.396 e. The molecule has 0 bridgehead atoms. The molecule has 0 aliphatic heterocycles. The fourth-order valence-corrected chi connectivity index (χ4v) is 2.55. The number of hydrogen-bond acceptors (Lipinski definition) is 2. The van der Waals surface area contributed by atoms with E-state index in [-0.39, 0.29) is 17.6 Å². The summed E-state index contributed by atoms with van der Waals surface area (Å²) in [4.78, 5) is 0. The largest absolute Gasteiger partial charge is 0.396 e. The van der Waals surface area contributed by atoms with Crippen molar-refractivity contribution in [1.82, 2.24) is 0 Å². The molecule has 0 radical (unpaired) electrons. The third-order valence-corrected chi connectivity index (χ3v) is 3.52. The van der Waals surface area contributed by atoms with Crippen molar-refractivity contribution < 1.29 is 9.50 Å². The van der Waals surface area contributed by atoms with Crippen molar-refractivity contribution in [1.29, 1.82) is 0 Å². The molecule has 0 unspecified atom stereocenters. The summed E-state index contributed by atoms with van der Waals surface area (Å²) in [7, 11) is 0. The van der Waals surface area contributed by atoms with Crippen molar-refractivity contribution in [2.24, 2.45) is 0 Å². The van der Waals surface area contributed by atoms with E-state index in [1.807, 2.05) is 6.92 Å². The lowest BCUT2D eigenvalue weighted by Crippen LogP contribution is -2.17. The molecule has 0 amide bonds. The zero-order valence-corrected chi connectivity index (χ0v) is 9.54. The van der Waals surface area contributed by atoms with E-state index in [2.05, 4.69) is 0 Å². The lowest BCUT2D eigenvalue weighted by Gasteiger charge is -2.27. The van der Waals surface area contributed by atoms with E-state index in [0.29, 0.717) is 5.92 Å². The number of aliphatic hydroxyl groups is 1. The molecule has 0 saturated heterocycles. The minimum absolute atomic E-state index is 0.171. The monoisotopic (exact) mass is 223 g/mol. The second-order valence-electron chi connectivity index (χ2n) is 4.74. The molecular weight excluding hydrogens is 205 g/mol. The highest BCUT2D eigenvalue weighted by Gasteiger charge is 2.22. The van der Waals surface area contributed by atoms with Crippen LogP contribution in [0.3, 0.4) is 0 Å². The average Bonchev–Trinajstić information content (AvgIpc) is 2.25. The number of hydrogen-bond donors (Lipinski definition) is 2. The molecule has 0 heterocycles. The van der Waals surface area contributed by atoms with Gasteiger partial charge >= 0.3 is 0 Å². The topological polar surface area (TPSA) is 46.2 Å². The van der Waals surface area contributed by atoms with Crippen LogP contribution in [0.1, 0.15) is 42.7 Å². The number of halogens is 1. The van der Waals surface area contributed by atoms with Gasteiger partial charge in [0.15, 0.2) is 0 Å². The van der Waals surface area contributed by atoms with E-state index in [9.17, 15) is 9.50 Å². The molecule has 88 valence electrons. The summed E-state index contributed by atoms with van der Waals surface area (Å²) in [5, 5.41) is 9.45. The average molecular weight is 223 g/mol. The third kappa shape index (κ3) is 2.19. The normalized spacial score (nSPS) is 25.7. The molecule has 0 atom stereocenters. The smallest absolute Gasteiger partial charge is 0.146 e. The molecule has 1 aromatic carbocycles. The standard InChI is InChI=1S/C13H18FNO/c1-8-6-13(15)12(14)7-11(8)9-2-4-10(16)5-3-9/h6-7,9-10,16H,2-5,15H2,1H3/t9-,10+. The summed E-state index contributed by atoms with van der Waals surface area (Å²) in [6, 6.07) is 3.27. The van der Waals surface area contributed by atoms with Gasteiger partial charge in [-0.05, 0) is 61.8 Å². The molecule has 1 fully saturated rings. The first-order valence-corrected chi connectivity index (χ1v) is 5.81. The van der Waals surface area contributed by atoms with Crippen molar-refractivity contribution in [2.45, 2.75) is 44.6 Å². The van der Waals surface area contributed by atoms with Crippen LogP contribution in [-0.2, 0) is 0 Å². The molecule has 0 aromatic heterocycles. The van der Waals surface area contributed by atoms with Crippen molar-refractivity contribution in [2.75, 3.05) is 5.73 Å². The molecular formula is C13H18FNO. The summed E-state index contributed by atoms with van der Waals surface area (Å²) in [6.45, 7) is 1.97. The number of nitrogen functional groups attached to an aromatic ring is 1. The SMILES string of the molecule is Cc1cc(N)c(F)cc1[C@H]1CC[C@@H](O)CC1. The van der Waals surface area contributed by atoms with Crippen LogP contribution >= 0.6 is 0 Å². The Balaban J connectivity index is 2.23. The van der Waals surface area contributed by atoms with E-state index in [1.165, 1.54) is 0 Å². The minimum atomic E-state index is -0.327. The van der Waals surface area contributed by atoms with E-state index >= 15 is 0 Å². The van der Waals surface area contributed by atoms with Crippen molar-refractivity contribution in [3.8, 4) is 0 Å². The van der Waals surface area contributed by atoms with E-state index in [4.69, 9.17) is 5.73 Å². The summed E-state index contributed by atoms with van der Waals surface area (Å²) in [5.74, 6) is 0.0465. The second kappa shape index (κ2) is 4.42. The lowest BCUT2D eigenvalue weighted by molar-refractivity contribution is 0.122. The Hall–Kier alpha value is -1.09. The van der Waals surface area contributed by atoms with Crippen LogP contribution in [0.4, 0.5) is 10.1 Å². The van der Waals surface area contributed by atoms with E-state index in [1.54, 1.807) is 12.1 Å². The third-order valence-electron chi connectivity index (χ3n) is 3.52. The first-order valence-electron chi connectivity index (χ1n) is 5.81.